The van der Waals surface area contributed by atoms with Gasteiger partial charge in [0.1, 0.15) is 30.9 Å². The summed E-state index contributed by atoms with van der Waals surface area (Å²) in [6.45, 7) is 7.21. The maximum absolute atomic E-state index is 12.3. The largest absolute Gasteiger partial charge is 0.465 e. The molecule has 2 N–H and O–H groups in total. The van der Waals surface area contributed by atoms with E-state index in [4.69, 9.17) is 25.2 Å². The molecule has 2 aliphatic rings. The van der Waals surface area contributed by atoms with Crippen LogP contribution >= 0.6 is 11.3 Å². The number of hydrogen-bond donors (Lipinski definition) is 1. The van der Waals surface area contributed by atoms with Gasteiger partial charge in [0.15, 0.2) is 0 Å². The number of carbonyl (C=O) groups excluding carboxylic acids is 5. The number of likely N-dealkylation sites (tertiary alicyclic amines) is 2. The van der Waals surface area contributed by atoms with Gasteiger partial charge in [-0.15, -0.1) is 11.3 Å². The van der Waals surface area contributed by atoms with Crippen LogP contribution in [0.4, 0.5) is 14.6 Å². The summed E-state index contributed by atoms with van der Waals surface area (Å²) < 4.78 is 20.1. The van der Waals surface area contributed by atoms with Gasteiger partial charge in [0.2, 0.25) is 0 Å². The molecule has 0 aliphatic carbocycles. The lowest BCUT2D eigenvalue weighted by atomic mass is 9.95. The Bertz CT molecular complexity index is 1630. The number of nitrogens with two attached hydrogens (primary N) is 1. The Morgan fingerprint density at radius 1 is 0.792 bits per heavy atom. The summed E-state index contributed by atoms with van der Waals surface area (Å²) in [5, 5.41) is 8.41. The molecule has 0 bridgehead atoms. The highest BCUT2D eigenvalue weighted by molar-refractivity contribution is 7.16. The van der Waals surface area contributed by atoms with Gasteiger partial charge in [-0.1, -0.05) is 60.7 Å². The molecule has 0 spiro atoms. The van der Waals surface area contributed by atoms with Gasteiger partial charge in [0.25, 0.3) is 0 Å². The summed E-state index contributed by atoms with van der Waals surface area (Å²) in [7, 11) is 0. The highest BCUT2D eigenvalue weighted by Gasteiger charge is 2.28. The maximum atomic E-state index is 12.3. The van der Waals surface area contributed by atoms with Gasteiger partial charge in [-0.25, -0.2) is 14.4 Å². The van der Waals surface area contributed by atoms with E-state index in [1.54, 1.807) is 29.7 Å². The summed E-state index contributed by atoms with van der Waals surface area (Å²) in [5.41, 5.74) is 8.38. The average molecular weight is 749 g/mol. The number of amides is 2. The summed E-state index contributed by atoms with van der Waals surface area (Å²) in [4.78, 5) is 61.3. The van der Waals surface area contributed by atoms with Crippen LogP contribution in [0.15, 0.2) is 66.7 Å². The van der Waals surface area contributed by atoms with Gasteiger partial charge < -0.3 is 39.3 Å². The van der Waals surface area contributed by atoms with Crippen LogP contribution in [0.2, 0.25) is 0 Å². The van der Waals surface area contributed by atoms with E-state index >= 15 is 0 Å². The molecule has 3 aromatic rings. The minimum atomic E-state index is -0.449. The van der Waals surface area contributed by atoms with Crippen molar-refractivity contribution >= 4 is 46.7 Å². The summed E-state index contributed by atoms with van der Waals surface area (Å²) in [6, 6.07) is 22.8. The molecule has 1 aromatic heterocycles. The molecule has 2 amide bonds. The molecule has 2 saturated heterocycles. The molecule has 5 rings (SSSR count). The molecular weight excluding hydrogens is 701 g/mol. The van der Waals surface area contributed by atoms with E-state index in [-0.39, 0.29) is 37.1 Å². The average Bonchev–Trinajstić information content (AvgIpc) is 3.59. The van der Waals surface area contributed by atoms with Crippen LogP contribution in [0.1, 0.15) is 78.2 Å². The van der Waals surface area contributed by atoms with Crippen LogP contribution in [0.3, 0.4) is 0 Å². The van der Waals surface area contributed by atoms with Crippen LogP contribution in [-0.2, 0) is 41.8 Å². The first-order chi connectivity index (χ1) is 25.7. The molecule has 0 atom stereocenters. The lowest BCUT2D eigenvalue weighted by Crippen LogP contribution is -2.39. The second-order valence-electron chi connectivity index (χ2n) is 12.1. The fourth-order valence-electron chi connectivity index (χ4n) is 5.46. The number of rotatable bonds is 10. The number of benzene rings is 2. The Morgan fingerprint density at radius 3 is 1.74 bits per heavy atom. The van der Waals surface area contributed by atoms with Crippen molar-refractivity contribution in [1.29, 1.82) is 5.26 Å². The number of piperidine rings is 2. The van der Waals surface area contributed by atoms with E-state index < -0.39 is 5.97 Å². The van der Waals surface area contributed by atoms with E-state index in [0.717, 1.165) is 48.0 Å². The molecule has 2 aliphatic heterocycles. The monoisotopic (exact) mass is 748 g/mol. The lowest BCUT2D eigenvalue weighted by molar-refractivity contribution is -0.141. The van der Waals surface area contributed by atoms with Crippen molar-refractivity contribution in [3.63, 3.8) is 0 Å². The van der Waals surface area contributed by atoms with E-state index in [2.05, 4.69) is 4.74 Å². The third kappa shape index (κ3) is 14.6. The van der Waals surface area contributed by atoms with Crippen LogP contribution in [0, 0.1) is 17.2 Å². The Hall–Kier alpha value is -5.42. The van der Waals surface area contributed by atoms with E-state index in [1.807, 2.05) is 66.7 Å². The molecule has 14 heteroatoms. The standard InChI is InChI=1S/C20H24N2O4S.C14H17NO3.C5H7NO2/c1-2-25-19(23)16-12-17(27-18(16)21)15-8-10-22(11-9-15)20(24)26-13-14-6-4-3-5-7-14;16-10-12-6-8-15(9-7-12)14(17)18-11-13-4-2-1-3-5-13;1-2-8-5(7)3-4-6/h3-7,12,15H,2,8-11,13,21H2,1H3;1-5,10,12H,6-9,11H2;2-3H2,1H3. The van der Waals surface area contributed by atoms with Crippen molar-refractivity contribution in [2.75, 3.05) is 45.1 Å². The first-order valence-electron chi connectivity index (χ1n) is 17.6. The Kier molecular flexibility index (Phi) is 18.4. The van der Waals surface area contributed by atoms with Crippen molar-refractivity contribution in [3.8, 4) is 6.07 Å². The molecule has 284 valence electrons. The lowest BCUT2D eigenvalue weighted by Gasteiger charge is -2.30. The number of nitriles is 1. The number of esters is 2. The minimum Gasteiger partial charge on any atom is -0.465 e. The normalized spacial score (nSPS) is 14.2. The number of anilines is 1. The molecule has 0 unspecified atom stereocenters. The third-order valence-electron chi connectivity index (χ3n) is 8.36. The van der Waals surface area contributed by atoms with Crippen molar-refractivity contribution < 1.29 is 42.9 Å². The highest BCUT2D eigenvalue weighted by Crippen LogP contribution is 2.37. The predicted molar refractivity (Wildman–Crippen MR) is 199 cm³/mol. The second kappa shape index (κ2) is 23.2. The van der Waals surface area contributed by atoms with E-state index in [9.17, 15) is 24.0 Å². The van der Waals surface area contributed by atoms with Gasteiger partial charge in [-0.2, -0.15) is 5.26 Å². The quantitative estimate of drug-likeness (QED) is 0.132. The number of aldehydes is 1. The molecule has 2 fully saturated rings. The number of carbonyl (C=O) groups is 5. The maximum Gasteiger partial charge on any atom is 0.410 e. The first-order valence-corrected chi connectivity index (χ1v) is 18.5. The molecule has 3 heterocycles. The van der Waals surface area contributed by atoms with E-state index in [0.29, 0.717) is 62.5 Å². The number of hydrogen-bond acceptors (Lipinski definition) is 12. The number of ether oxygens (including phenoxy) is 4. The van der Waals surface area contributed by atoms with Crippen LogP contribution in [0.5, 0.6) is 0 Å². The zero-order chi connectivity index (χ0) is 38.4. The van der Waals surface area contributed by atoms with Crippen molar-refractivity contribution in [3.05, 3.63) is 88.3 Å². The SMILES string of the molecule is CCOC(=O)CC#N.CCOC(=O)c1cc(C2CCN(C(=O)OCc3ccccc3)CC2)sc1N.O=CC1CCN(C(=O)OCc2ccccc2)CC1. The molecule has 0 saturated carbocycles. The molecule has 13 nitrogen and oxygen atoms in total. The minimum absolute atomic E-state index is 0.100. The third-order valence-corrected chi connectivity index (χ3v) is 9.49. The molecular formula is C39H48N4O9S. The van der Waals surface area contributed by atoms with Gasteiger partial charge in [-0.3, -0.25) is 4.79 Å². The Balaban J connectivity index is 0.000000249. The van der Waals surface area contributed by atoms with Gasteiger partial charge in [0.05, 0.1) is 24.8 Å². The van der Waals surface area contributed by atoms with Crippen molar-refractivity contribution in [2.24, 2.45) is 5.92 Å². The summed E-state index contributed by atoms with van der Waals surface area (Å²) in [5.74, 6) is -0.434. The number of nitrogens with zero attached hydrogens (tertiary/aromatic N) is 3. The number of nitrogen functional groups attached to an aromatic ring is 1. The van der Waals surface area contributed by atoms with Gasteiger partial charge >= 0.3 is 24.1 Å². The van der Waals surface area contributed by atoms with Crippen molar-refractivity contribution in [1.82, 2.24) is 9.80 Å². The molecule has 0 radical (unpaired) electrons. The molecule has 53 heavy (non-hydrogen) atoms. The van der Waals surface area contributed by atoms with Crippen LogP contribution < -0.4 is 5.73 Å². The van der Waals surface area contributed by atoms with E-state index in [1.165, 1.54) is 11.3 Å². The predicted octanol–water partition coefficient (Wildman–Crippen LogP) is 6.72. The van der Waals surface area contributed by atoms with Gasteiger partial charge in [0, 0.05) is 37.0 Å². The summed E-state index contributed by atoms with van der Waals surface area (Å²) in [6.07, 6.45) is 3.39. The zero-order valence-corrected chi connectivity index (χ0v) is 31.1. The second-order valence-corrected chi connectivity index (χ2v) is 13.2. The topological polar surface area (TPSA) is 179 Å². The van der Waals surface area contributed by atoms with Gasteiger partial charge in [-0.05, 0) is 62.6 Å². The van der Waals surface area contributed by atoms with Crippen LogP contribution in [0.25, 0.3) is 0 Å². The zero-order valence-electron chi connectivity index (χ0n) is 30.3. The fourth-order valence-corrected chi connectivity index (χ4v) is 6.54. The van der Waals surface area contributed by atoms with Crippen LogP contribution in [-0.4, -0.2) is 79.6 Å². The smallest absolute Gasteiger partial charge is 0.410 e. The Labute approximate surface area is 314 Å². The van der Waals surface area contributed by atoms with Crippen molar-refractivity contribution in [2.45, 2.75) is 65.1 Å². The highest BCUT2D eigenvalue weighted by atomic mass is 32.1. The number of thiophene rings is 1. The summed E-state index contributed by atoms with van der Waals surface area (Å²) >= 11 is 1.43. The first kappa shape index (κ1) is 42.0. The molecule has 2 aromatic carbocycles. The Morgan fingerprint density at radius 2 is 1.28 bits per heavy atom. The fraction of sp³-hybridized carbons (Fsp3) is 0.436.